The molecule has 0 saturated heterocycles. The highest BCUT2D eigenvalue weighted by atomic mass is 31.2. The SMILES string of the molecule is CCCCC(N)P(=O)(O)O[C@@H](C)C(=O)OC. The van der Waals surface area contributed by atoms with Crippen molar-refractivity contribution < 1.29 is 23.5 Å². The van der Waals surface area contributed by atoms with Crippen molar-refractivity contribution in [1.82, 2.24) is 0 Å². The highest BCUT2D eigenvalue weighted by Crippen LogP contribution is 2.48. The van der Waals surface area contributed by atoms with Crippen LogP contribution < -0.4 is 5.73 Å². The van der Waals surface area contributed by atoms with Gasteiger partial charge in [0.15, 0.2) is 6.10 Å². The molecular formula is C9H20NO5P. The van der Waals surface area contributed by atoms with Crippen molar-refractivity contribution in [2.24, 2.45) is 5.73 Å². The number of esters is 1. The molecule has 7 heteroatoms. The molecule has 0 radical (unpaired) electrons. The summed E-state index contributed by atoms with van der Waals surface area (Å²) in [5.74, 6) is -1.66. The molecule has 0 aromatic rings. The summed E-state index contributed by atoms with van der Waals surface area (Å²) >= 11 is 0. The van der Waals surface area contributed by atoms with E-state index >= 15 is 0 Å². The average molecular weight is 253 g/mol. The third kappa shape index (κ3) is 5.07. The second-order valence-electron chi connectivity index (χ2n) is 3.54. The van der Waals surface area contributed by atoms with Gasteiger partial charge in [0.1, 0.15) is 5.78 Å². The molecule has 3 N–H and O–H groups in total. The van der Waals surface area contributed by atoms with Gasteiger partial charge in [0.2, 0.25) is 0 Å². The number of hydrogen-bond donors (Lipinski definition) is 2. The molecule has 0 amide bonds. The van der Waals surface area contributed by atoms with E-state index in [1.807, 2.05) is 6.92 Å². The van der Waals surface area contributed by atoms with Crippen LogP contribution in [0.3, 0.4) is 0 Å². The number of carbonyl (C=O) groups is 1. The van der Waals surface area contributed by atoms with E-state index < -0.39 is 25.5 Å². The molecule has 0 heterocycles. The summed E-state index contributed by atoms with van der Waals surface area (Å²) in [7, 11) is -2.78. The van der Waals surface area contributed by atoms with Crippen LogP contribution >= 0.6 is 7.60 Å². The number of nitrogens with two attached hydrogens (primary N) is 1. The van der Waals surface area contributed by atoms with Crippen molar-refractivity contribution in [3.63, 3.8) is 0 Å². The summed E-state index contributed by atoms with van der Waals surface area (Å²) in [6, 6.07) is 0. The van der Waals surface area contributed by atoms with E-state index in [0.717, 1.165) is 12.8 Å². The van der Waals surface area contributed by atoms with E-state index in [-0.39, 0.29) is 0 Å². The molecule has 0 aliphatic rings. The van der Waals surface area contributed by atoms with Crippen LogP contribution in [0.25, 0.3) is 0 Å². The van der Waals surface area contributed by atoms with Gasteiger partial charge in [-0.3, -0.25) is 9.09 Å². The largest absolute Gasteiger partial charge is 0.467 e. The summed E-state index contributed by atoms with van der Waals surface area (Å²) in [5, 5.41) is 0. The monoisotopic (exact) mass is 253 g/mol. The number of carbonyl (C=O) groups excluding carboxylic acids is 1. The Morgan fingerprint density at radius 2 is 2.12 bits per heavy atom. The molecule has 0 spiro atoms. The molecule has 0 saturated carbocycles. The molecule has 0 aromatic heterocycles. The zero-order chi connectivity index (χ0) is 12.8. The summed E-state index contributed by atoms with van der Waals surface area (Å²) < 4.78 is 20.8. The second kappa shape index (κ2) is 7.01. The van der Waals surface area contributed by atoms with Gasteiger partial charge < -0.3 is 15.4 Å². The van der Waals surface area contributed by atoms with Gasteiger partial charge in [-0.25, -0.2) is 4.79 Å². The van der Waals surface area contributed by atoms with Gasteiger partial charge >= 0.3 is 13.6 Å². The fourth-order valence-corrected chi connectivity index (χ4v) is 2.29. The predicted octanol–water partition coefficient (Wildman–Crippen LogP) is 1.22. The lowest BCUT2D eigenvalue weighted by atomic mass is 10.2. The van der Waals surface area contributed by atoms with Gasteiger partial charge in [-0.2, -0.15) is 0 Å². The van der Waals surface area contributed by atoms with Crippen LogP contribution in [0.4, 0.5) is 0 Å². The fraction of sp³-hybridized carbons (Fsp3) is 0.889. The van der Waals surface area contributed by atoms with Gasteiger partial charge in [-0.15, -0.1) is 0 Å². The van der Waals surface area contributed by atoms with Crippen molar-refractivity contribution in [2.75, 3.05) is 7.11 Å². The minimum Gasteiger partial charge on any atom is -0.467 e. The Kier molecular flexibility index (Phi) is 6.83. The summed E-state index contributed by atoms with van der Waals surface area (Å²) in [6.45, 7) is 3.30. The minimum atomic E-state index is -3.96. The van der Waals surface area contributed by atoms with Gasteiger partial charge in [0, 0.05) is 0 Å². The van der Waals surface area contributed by atoms with E-state index in [1.54, 1.807) is 0 Å². The topological polar surface area (TPSA) is 98.9 Å². The first-order valence-corrected chi connectivity index (χ1v) is 6.84. The van der Waals surface area contributed by atoms with Crippen LogP contribution in [0.2, 0.25) is 0 Å². The van der Waals surface area contributed by atoms with Crippen molar-refractivity contribution >= 4 is 13.6 Å². The van der Waals surface area contributed by atoms with Crippen molar-refractivity contribution in [1.29, 1.82) is 0 Å². The molecular weight excluding hydrogens is 233 g/mol. The van der Waals surface area contributed by atoms with E-state index in [0.29, 0.717) is 6.42 Å². The molecule has 96 valence electrons. The van der Waals surface area contributed by atoms with E-state index in [1.165, 1.54) is 14.0 Å². The minimum absolute atomic E-state index is 0.387. The Bertz CT molecular complexity index is 271. The van der Waals surface area contributed by atoms with Crippen LogP contribution in [0.15, 0.2) is 0 Å². The average Bonchev–Trinajstić information content (AvgIpc) is 2.23. The first kappa shape index (κ1) is 15.6. The number of ether oxygens (including phenoxy) is 1. The van der Waals surface area contributed by atoms with Crippen LogP contribution in [-0.4, -0.2) is 29.9 Å². The van der Waals surface area contributed by atoms with Crippen LogP contribution in [0.5, 0.6) is 0 Å². The molecule has 0 fully saturated rings. The summed E-state index contributed by atoms with van der Waals surface area (Å²) in [5.41, 5.74) is 5.54. The maximum absolute atomic E-state index is 11.7. The number of methoxy groups -OCH3 is 1. The lowest BCUT2D eigenvalue weighted by Crippen LogP contribution is -2.27. The molecule has 0 rings (SSSR count). The van der Waals surface area contributed by atoms with Gasteiger partial charge in [-0.05, 0) is 13.3 Å². The Labute approximate surface area is 95.6 Å². The van der Waals surface area contributed by atoms with Crippen molar-refractivity contribution in [3.8, 4) is 0 Å². The Morgan fingerprint density at radius 3 is 2.56 bits per heavy atom. The standard InChI is InChI=1S/C9H20NO5P/c1-4-5-6-8(10)16(12,13)15-7(2)9(11)14-3/h7-8H,4-6,10H2,1-3H3,(H,12,13)/t7-,8?/m0/s1. The molecule has 2 unspecified atom stereocenters. The molecule has 0 aliphatic heterocycles. The van der Waals surface area contributed by atoms with Crippen molar-refractivity contribution in [3.05, 3.63) is 0 Å². The predicted molar refractivity (Wildman–Crippen MR) is 59.9 cm³/mol. The maximum Gasteiger partial charge on any atom is 0.345 e. The van der Waals surface area contributed by atoms with E-state index in [9.17, 15) is 14.3 Å². The lowest BCUT2D eigenvalue weighted by molar-refractivity contribution is -0.148. The Morgan fingerprint density at radius 1 is 1.56 bits per heavy atom. The molecule has 6 nitrogen and oxygen atoms in total. The molecule has 0 aromatic carbocycles. The zero-order valence-corrected chi connectivity index (χ0v) is 10.8. The molecule has 3 atom stereocenters. The normalized spacial score (nSPS) is 18.6. The van der Waals surface area contributed by atoms with Crippen LogP contribution in [0.1, 0.15) is 33.1 Å². The third-order valence-electron chi connectivity index (χ3n) is 2.11. The number of hydrogen-bond acceptors (Lipinski definition) is 5. The zero-order valence-electron chi connectivity index (χ0n) is 9.88. The smallest absolute Gasteiger partial charge is 0.345 e. The van der Waals surface area contributed by atoms with Gasteiger partial charge in [-0.1, -0.05) is 19.8 Å². The molecule has 0 aliphatic carbocycles. The summed E-state index contributed by atoms with van der Waals surface area (Å²) in [6.07, 6.45) is 0.911. The van der Waals surface area contributed by atoms with Crippen LogP contribution in [-0.2, 0) is 18.6 Å². The maximum atomic E-state index is 11.7. The summed E-state index contributed by atoms with van der Waals surface area (Å²) in [4.78, 5) is 20.5. The Balaban J connectivity index is 4.32. The highest BCUT2D eigenvalue weighted by Gasteiger charge is 2.33. The fourth-order valence-electron chi connectivity index (χ4n) is 1.09. The number of unbranched alkanes of at least 4 members (excludes halogenated alkanes) is 1. The second-order valence-corrected chi connectivity index (χ2v) is 5.55. The van der Waals surface area contributed by atoms with E-state index in [2.05, 4.69) is 4.74 Å². The third-order valence-corrected chi connectivity index (χ3v) is 3.83. The van der Waals surface area contributed by atoms with Crippen molar-refractivity contribution in [2.45, 2.75) is 45.0 Å². The highest BCUT2D eigenvalue weighted by molar-refractivity contribution is 7.53. The quantitative estimate of drug-likeness (QED) is 0.523. The van der Waals surface area contributed by atoms with Crippen LogP contribution in [0, 0.1) is 0 Å². The van der Waals surface area contributed by atoms with Gasteiger partial charge in [0.25, 0.3) is 0 Å². The Hall–Kier alpha value is -0.420. The van der Waals surface area contributed by atoms with E-state index in [4.69, 9.17) is 10.3 Å². The van der Waals surface area contributed by atoms with Gasteiger partial charge in [0.05, 0.1) is 7.11 Å². The molecule has 16 heavy (non-hydrogen) atoms. The lowest BCUT2D eigenvalue weighted by Gasteiger charge is -2.21. The first-order chi connectivity index (χ1) is 7.35. The number of rotatable bonds is 7. The first-order valence-electron chi connectivity index (χ1n) is 5.19. The molecule has 0 bridgehead atoms.